The summed E-state index contributed by atoms with van der Waals surface area (Å²) in [4.78, 5) is 14.8. The number of nitrogens with one attached hydrogen (secondary N) is 1. The molecule has 0 radical (unpaired) electrons. The molecule has 1 aliphatic rings. The molecule has 142 valence electrons. The van der Waals surface area contributed by atoms with Crippen LogP contribution in [0.4, 0.5) is 11.4 Å². The Bertz CT molecular complexity index is 734. The van der Waals surface area contributed by atoms with Crippen LogP contribution in [-0.4, -0.2) is 37.1 Å². The molecular formula is C19H25Cl2N3O2. The van der Waals surface area contributed by atoms with Gasteiger partial charge in [0.2, 0.25) is 0 Å². The smallest absolute Gasteiger partial charge is 0.255 e. The predicted octanol–water partition coefficient (Wildman–Crippen LogP) is 3.51. The molecule has 0 spiro atoms. The summed E-state index contributed by atoms with van der Waals surface area (Å²) < 4.78 is 5.38. The first-order chi connectivity index (χ1) is 11.6. The van der Waals surface area contributed by atoms with Crippen molar-refractivity contribution in [2.24, 2.45) is 0 Å². The fraction of sp³-hybridized carbons (Fsp3) is 0.316. The van der Waals surface area contributed by atoms with Gasteiger partial charge in [-0.2, -0.15) is 0 Å². The van der Waals surface area contributed by atoms with Gasteiger partial charge in [0.05, 0.1) is 13.2 Å². The number of halogens is 2. The number of hydrogen-bond donors (Lipinski definition) is 2. The van der Waals surface area contributed by atoms with Gasteiger partial charge in [-0.25, -0.2) is 0 Å². The minimum Gasteiger partial charge on any atom is -0.399 e. The standard InChI is InChI=1S/C19H23N3O2.2ClH/c1-14-5-6-15(13-22-7-9-24-10-8-22)11-18(14)21-19(23)16-3-2-4-17(20)12-16;;/h2-6,11-12H,7-10,13,20H2,1H3,(H,21,23);2*1H. The largest absolute Gasteiger partial charge is 0.399 e. The van der Waals surface area contributed by atoms with Gasteiger partial charge in [0.25, 0.3) is 5.91 Å². The van der Waals surface area contributed by atoms with Crippen molar-refractivity contribution < 1.29 is 9.53 Å². The SMILES string of the molecule is Cc1ccc(CN2CCOCC2)cc1NC(=O)c1cccc(N)c1.Cl.Cl. The summed E-state index contributed by atoms with van der Waals surface area (Å²) in [7, 11) is 0. The lowest BCUT2D eigenvalue weighted by molar-refractivity contribution is 0.0342. The van der Waals surface area contributed by atoms with Gasteiger partial charge in [-0.15, -0.1) is 24.8 Å². The van der Waals surface area contributed by atoms with E-state index in [1.807, 2.05) is 13.0 Å². The molecule has 7 heteroatoms. The van der Waals surface area contributed by atoms with E-state index in [1.54, 1.807) is 24.3 Å². The third-order valence-corrected chi connectivity index (χ3v) is 4.21. The Labute approximate surface area is 166 Å². The minimum absolute atomic E-state index is 0. The number of anilines is 2. The van der Waals surface area contributed by atoms with E-state index >= 15 is 0 Å². The first-order valence-electron chi connectivity index (χ1n) is 8.18. The van der Waals surface area contributed by atoms with Gasteiger partial charge in [-0.05, 0) is 42.3 Å². The molecule has 0 atom stereocenters. The van der Waals surface area contributed by atoms with Crippen LogP contribution in [-0.2, 0) is 11.3 Å². The highest BCUT2D eigenvalue weighted by Gasteiger charge is 2.13. The summed E-state index contributed by atoms with van der Waals surface area (Å²) in [5.74, 6) is -0.145. The maximum atomic E-state index is 12.4. The first-order valence-corrected chi connectivity index (χ1v) is 8.18. The van der Waals surface area contributed by atoms with Gasteiger partial charge in [0.1, 0.15) is 0 Å². The molecule has 1 heterocycles. The quantitative estimate of drug-likeness (QED) is 0.774. The maximum Gasteiger partial charge on any atom is 0.255 e. The zero-order valence-electron chi connectivity index (χ0n) is 14.7. The van der Waals surface area contributed by atoms with E-state index in [9.17, 15) is 4.79 Å². The van der Waals surface area contributed by atoms with Crippen LogP contribution in [0.25, 0.3) is 0 Å². The van der Waals surface area contributed by atoms with Crippen molar-refractivity contribution in [1.29, 1.82) is 0 Å². The van der Waals surface area contributed by atoms with Gasteiger partial charge < -0.3 is 15.8 Å². The molecule has 5 nitrogen and oxygen atoms in total. The van der Waals surface area contributed by atoms with E-state index in [4.69, 9.17) is 10.5 Å². The number of morpholine rings is 1. The van der Waals surface area contributed by atoms with E-state index in [2.05, 4.69) is 22.3 Å². The second-order valence-corrected chi connectivity index (χ2v) is 6.12. The highest BCUT2D eigenvalue weighted by Crippen LogP contribution is 2.20. The van der Waals surface area contributed by atoms with Crippen molar-refractivity contribution in [2.45, 2.75) is 13.5 Å². The Balaban J connectivity index is 0.00000169. The van der Waals surface area contributed by atoms with E-state index in [1.165, 1.54) is 5.56 Å². The van der Waals surface area contributed by atoms with Crippen LogP contribution in [0.15, 0.2) is 42.5 Å². The molecule has 0 aliphatic carbocycles. The number of carbonyl (C=O) groups is 1. The number of ether oxygens (including phenoxy) is 1. The van der Waals surface area contributed by atoms with Gasteiger partial charge in [0, 0.05) is 36.6 Å². The Morgan fingerprint density at radius 1 is 1.15 bits per heavy atom. The lowest BCUT2D eigenvalue weighted by atomic mass is 10.1. The van der Waals surface area contributed by atoms with Gasteiger partial charge in [0.15, 0.2) is 0 Å². The zero-order chi connectivity index (χ0) is 16.9. The first kappa shape index (κ1) is 22.3. The van der Waals surface area contributed by atoms with E-state index < -0.39 is 0 Å². The monoisotopic (exact) mass is 397 g/mol. The molecule has 3 rings (SSSR count). The van der Waals surface area contributed by atoms with Crippen molar-refractivity contribution in [3.8, 4) is 0 Å². The fourth-order valence-electron chi connectivity index (χ4n) is 2.79. The summed E-state index contributed by atoms with van der Waals surface area (Å²) in [5, 5.41) is 2.99. The molecule has 1 aliphatic heterocycles. The number of hydrogen-bond acceptors (Lipinski definition) is 4. The molecule has 0 saturated carbocycles. The number of rotatable bonds is 4. The Morgan fingerprint density at radius 2 is 1.88 bits per heavy atom. The van der Waals surface area contributed by atoms with Crippen LogP contribution in [0.2, 0.25) is 0 Å². The molecular weight excluding hydrogens is 373 g/mol. The predicted molar refractivity (Wildman–Crippen MR) is 111 cm³/mol. The van der Waals surface area contributed by atoms with Crippen LogP contribution in [0.5, 0.6) is 0 Å². The molecule has 1 fully saturated rings. The van der Waals surface area contributed by atoms with Crippen LogP contribution in [0, 0.1) is 6.92 Å². The summed E-state index contributed by atoms with van der Waals surface area (Å²) in [5.41, 5.74) is 9.97. The van der Waals surface area contributed by atoms with E-state index in [0.29, 0.717) is 11.3 Å². The van der Waals surface area contributed by atoms with Gasteiger partial charge >= 0.3 is 0 Å². The van der Waals surface area contributed by atoms with Crippen molar-refractivity contribution in [3.05, 3.63) is 59.2 Å². The number of nitrogens with zero attached hydrogens (tertiary/aromatic N) is 1. The molecule has 26 heavy (non-hydrogen) atoms. The number of amides is 1. The summed E-state index contributed by atoms with van der Waals surface area (Å²) >= 11 is 0. The van der Waals surface area contributed by atoms with Gasteiger partial charge in [-0.3, -0.25) is 9.69 Å². The fourth-order valence-corrected chi connectivity index (χ4v) is 2.79. The van der Waals surface area contributed by atoms with Crippen molar-refractivity contribution in [1.82, 2.24) is 4.90 Å². The molecule has 3 N–H and O–H groups in total. The number of aryl methyl sites for hydroxylation is 1. The van der Waals surface area contributed by atoms with Crippen LogP contribution in [0.1, 0.15) is 21.5 Å². The third-order valence-electron chi connectivity index (χ3n) is 4.21. The Hall–Kier alpha value is -1.79. The number of nitrogen functional groups attached to an aromatic ring is 1. The third kappa shape index (κ3) is 5.88. The Kier molecular flexibility index (Phi) is 8.88. The summed E-state index contributed by atoms with van der Waals surface area (Å²) in [6.45, 7) is 6.31. The van der Waals surface area contributed by atoms with Crippen molar-refractivity contribution in [3.63, 3.8) is 0 Å². The van der Waals surface area contributed by atoms with Crippen LogP contribution >= 0.6 is 24.8 Å². The lowest BCUT2D eigenvalue weighted by Crippen LogP contribution is -2.35. The minimum atomic E-state index is -0.145. The zero-order valence-corrected chi connectivity index (χ0v) is 16.4. The summed E-state index contributed by atoms with van der Waals surface area (Å²) in [6, 6.07) is 13.2. The van der Waals surface area contributed by atoms with Crippen molar-refractivity contribution in [2.75, 3.05) is 37.4 Å². The number of benzene rings is 2. The van der Waals surface area contributed by atoms with Crippen LogP contribution < -0.4 is 11.1 Å². The molecule has 0 aromatic heterocycles. The molecule has 1 saturated heterocycles. The molecule has 2 aromatic rings. The highest BCUT2D eigenvalue weighted by atomic mass is 35.5. The molecule has 0 unspecified atom stereocenters. The second-order valence-electron chi connectivity index (χ2n) is 6.12. The Morgan fingerprint density at radius 3 is 2.58 bits per heavy atom. The maximum absolute atomic E-state index is 12.4. The van der Waals surface area contributed by atoms with Crippen molar-refractivity contribution >= 4 is 42.1 Å². The lowest BCUT2D eigenvalue weighted by Gasteiger charge is -2.26. The molecule has 0 bridgehead atoms. The average Bonchev–Trinajstić information content (AvgIpc) is 2.59. The number of carbonyl (C=O) groups excluding carboxylic acids is 1. The average molecular weight is 398 g/mol. The van der Waals surface area contributed by atoms with E-state index in [0.717, 1.165) is 44.1 Å². The van der Waals surface area contributed by atoms with Crippen LogP contribution in [0.3, 0.4) is 0 Å². The topological polar surface area (TPSA) is 67.6 Å². The summed E-state index contributed by atoms with van der Waals surface area (Å²) in [6.07, 6.45) is 0. The van der Waals surface area contributed by atoms with Gasteiger partial charge in [-0.1, -0.05) is 18.2 Å². The molecule has 2 aromatic carbocycles. The normalized spacial score (nSPS) is 14.0. The highest BCUT2D eigenvalue weighted by molar-refractivity contribution is 6.05. The second kappa shape index (κ2) is 10.4. The number of nitrogens with two attached hydrogens (primary N) is 1. The van der Waals surface area contributed by atoms with E-state index in [-0.39, 0.29) is 30.7 Å². The molecule has 1 amide bonds.